The first-order chi connectivity index (χ1) is 25.0. The van der Waals surface area contributed by atoms with Gasteiger partial charge in [-0.05, 0) is 12.8 Å². The van der Waals surface area contributed by atoms with Gasteiger partial charge in [-0.25, -0.2) is 4.79 Å². The molecule has 0 radical (unpaired) electrons. The molecule has 2 amide bonds. The van der Waals surface area contributed by atoms with E-state index in [0.717, 1.165) is 32.1 Å². The Hall–Kier alpha value is -0.930. The largest absolute Gasteiger partial charge is 0.394 e. The number of nitrogens with two attached hydrogens (primary N) is 1. The molecular formula is C43H87N3O5. The molecule has 0 unspecified atom stereocenters. The molecule has 1 fully saturated rings. The summed E-state index contributed by atoms with van der Waals surface area (Å²) in [6.45, 7) is 5.15. The molecule has 0 saturated carbocycles. The smallest absolute Gasteiger partial charge is 0.319 e. The zero-order chi connectivity index (χ0) is 37.2. The van der Waals surface area contributed by atoms with E-state index in [9.17, 15) is 20.1 Å². The van der Waals surface area contributed by atoms with Crippen LogP contribution < -0.4 is 11.1 Å². The summed E-state index contributed by atoms with van der Waals surface area (Å²) in [6.07, 6.45) is 37.0. The number of hydrogen-bond donors (Lipinski definition) is 5. The molecule has 1 aliphatic heterocycles. The number of hydrogen-bond acceptors (Lipinski definition) is 6. The standard InChI is InChI=1S/C43H87N3O5/c1-3-5-7-9-11-13-15-17-19-21-23-25-27-29-31-33-35-45-43(50)46(42-39(44)41(49)40(48)38(37-47)51-42)36-34-32-30-28-26-24-22-20-18-16-14-12-10-8-6-4-2/h38-42,47-49H,3-37,44H2,1-2H3,(H,45,50)/t38-,39-,40+,41-,42-/m1/s1. The molecular weight excluding hydrogens is 638 g/mol. The van der Waals surface area contributed by atoms with Crippen LogP contribution in [0.3, 0.4) is 0 Å². The van der Waals surface area contributed by atoms with Gasteiger partial charge in [0.05, 0.1) is 12.6 Å². The molecule has 5 atom stereocenters. The van der Waals surface area contributed by atoms with Crippen LogP contribution in [0.25, 0.3) is 0 Å². The van der Waals surface area contributed by atoms with Gasteiger partial charge in [0, 0.05) is 13.1 Å². The van der Waals surface area contributed by atoms with Crippen molar-refractivity contribution in [3.8, 4) is 0 Å². The molecule has 6 N–H and O–H groups in total. The van der Waals surface area contributed by atoms with E-state index >= 15 is 0 Å². The highest BCUT2D eigenvalue weighted by atomic mass is 16.5. The molecule has 0 aliphatic carbocycles. The normalized spacial score (nSPS) is 20.5. The number of nitrogens with one attached hydrogen (secondary N) is 1. The zero-order valence-electron chi connectivity index (χ0n) is 33.8. The van der Waals surface area contributed by atoms with Gasteiger partial charge in [0.25, 0.3) is 0 Å². The first-order valence-electron chi connectivity index (χ1n) is 22.4. The quantitative estimate of drug-likeness (QED) is 0.0409. The summed E-state index contributed by atoms with van der Waals surface area (Å²) in [5.41, 5.74) is 6.29. The predicted molar refractivity (Wildman–Crippen MR) is 215 cm³/mol. The van der Waals surface area contributed by atoms with Crippen molar-refractivity contribution < 1.29 is 24.9 Å². The minimum absolute atomic E-state index is 0.252. The summed E-state index contributed by atoms with van der Waals surface area (Å²) in [6, 6.07) is -1.21. The van der Waals surface area contributed by atoms with E-state index in [0.29, 0.717) is 13.1 Å². The van der Waals surface area contributed by atoms with Gasteiger partial charge in [0.2, 0.25) is 0 Å². The zero-order valence-corrected chi connectivity index (χ0v) is 33.8. The lowest BCUT2D eigenvalue weighted by Crippen LogP contribution is -2.67. The number of amides is 2. The molecule has 0 aromatic rings. The van der Waals surface area contributed by atoms with Crippen molar-refractivity contribution in [2.45, 2.75) is 250 Å². The predicted octanol–water partition coefficient (Wildman–Crippen LogP) is 10.3. The summed E-state index contributed by atoms with van der Waals surface area (Å²) in [5, 5.41) is 33.7. The van der Waals surface area contributed by atoms with Crippen molar-refractivity contribution >= 4 is 6.03 Å². The maximum Gasteiger partial charge on any atom is 0.319 e. The van der Waals surface area contributed by atoms with Gasteiger partial charge in [0.1, 0.15) is 18.3 Å². The van der Waals surface area contributed by atoms with Crippen LogP contribution in [0.2, 0.25) is 0 Å². The number of ether oxygens (including phenoxy) is 1. The average molecular weight is 726 g/mol. The highest BCUT2D eigenvalue weighted by Gasteiger charge is 2.45. The number of aliphatic hydroxyl groups is 3. The second-order valence-electron chi connectivity index (χ2n) is 15.8. The molecule has 0 aromatic heterocycles. The summed E-state index contributed by atoms with van der Waals surface area (Å²) < 4.78 is 5.91. The third-order valence-corrected chi connectivity index (χ3v) is 11.1. The number of urea groups is 1. The molecule has 304 valence electrons. The topological polar surface area (TPSA) is 128 Å². The number of unbranched alkanes of at least 4 members (excludes halogenated alkanes) is 30. The fraction of sp³-hybridized carbons (Fsp3) is 0.977. The number of rotatable bonds is 36. The van der Waals surface area contributed by atoms with E-state index < -0.39 is 37.2 Å². The van der Waals surface area contributed by atoms with Crippen molar-refractivity contribution in [2.75, 3.05) is 19.7 Å². The monoisotopic (exact) mass is 726 g/mol. The van der Waals surface area contributed by atoms with Gasteiger partial charge in [0.15, 0.2) is 6.23 Å². The summed E-state index contributed by atoms with van der Waals surface area (Å²) in [5.74, 6) is 0. The minimum atomic E-state index is -1.29. The Bertz CT molecular complexity index is 757. The Balaban J connectivity index is 2.24. The molecule has 1 aliphatic rings. The number of aliphatic hydroxyl groups excluding tert-OH is 3. The summed E-state index contributed by atoms with van der Waals surface area (Å²) in [7, 11) is 0. The lowest BCUT2D eigenvalue weighted by Gasteiger charge is -2.45. The molecule has 0 aromatic carbocycles. The van der Waals surface area contributed by atoms with Crippen molar-refractivity contribution in [3.05, 3.63) is 0 Å². The van der Waals surface area contributed by atoms with E-state index in [1.54, 1.807) is 4.90 Å². The molecule has 1 heterocycles. The van der Waals surface area contributed by atoms with Crippen LogP contribution in [-0.4, -0.2) is 76.5 Å². The number of carbonyl (C=O) groups excluding carboxylic acids is 1. The van der Waals surface area contributed by atoms with Crippen molar-refractivity contribution in [3.63, 3.8) is 0 Å². The van der Waals surface area contributed by atoms with Gasteiger partial charge in [-0.15, -0.1) is 0 Å². The molecule has 51 heavy (non-hydrogen) atoms. The number of nitrogens with zero attached hydrogens (tertiary/aromatic N) is 1. The van der Waals surface area contributed by atoms with Gasteiger partial charge in [-0.2, -0.15) is 0 Å². The molecule has 1 saturated heterocycles. The van der Waals surface area contributed by atoms with Crippen LogP contribution in [-0.2, 0) is 4.74 Å². The first-order valence-corrected chi connectivity index (χ1v) is 22.4. The van der Waals surface area contributed by atoms with Gasteiger partial charge < -0.3 is 31.1 Å². The molecule has 8 nitrogen and oxygen atoms in total. The molecule has 0 bridgehead atoms. The van der Waals surface area contributed by atoms with Gasteiger partial charge in [-0.1, -0.05) is 206 Å². The van der Waals surface area contributed by atoms with Crippen LogP contribution >= 0.6 is 0 Å². The molecule has 8 heteroatoms. The maximum atomic E-state index is 13.4. The van der Waals surface area contributed by atoms with E-state index in [-0.39, 0.29) is 6.03 Å². The summed E-state index contributed by atoms with van der Waals surface area (Å²) in [4.78, 5) is 15.0. The van der Waals surface area contributed by atoms with E-state index in [1.807, 2.05) is 0 Å². The Morgan fingerprint density at radius 1 is 0.549 bits per heavy atom. The van der Waals surface area contributed by atoms with Crippen LogP contribution in [0.5, 0.6) is 0 Å². The van der Waals surface area contributed by atoms with E-state index in [1.165, 1.54) is 173 Å². The minimum Gasteiger partial charge on any atom is -0.394 e. The third-order valence-electron chi connectivity index (χ3n) is 11.1. The summed E-state index contributed by atoms with van der Waals surface area (Å²) >= 11 is 0. The lowest BCUT2D eigenvalue weighted by atomic mass is 9.96. The van der Waals surface area contributed by atoms with E-state index in [2.05, 4.69) is 19.2 Å². The Kier molecular flexibility index (Phi) is 32.8. The molecule has 0 spiro atoms. The third kappa shape index (κ3) is 24.9. The maximum absolute atomic E-state index is 13.4. The van der Waals surface area contributed by atoms with Gasteiger partial charge >= 0.3 is 6.03 Å². The highest BCUT2D eigenvalue weighted by Crippen LogP contribution is 2.24. The fourth-order valence-electron chi connectivity index (χ4n) is 7.54. The van der Waals surface area contributed by atoms with Crippen molar-refractivity contribution in [1.29, 1.82) is 0 Å². The Morgan fingerprint density at radius 3 is 1.24 bits per heavy atom. The number of carbonyl (C=O) groups is 1. The van der Waals surface area contributed by atoms with Crippen LogP contribution in [0.15, 0.2) is 0 Å². The first kappa shape index (κ1) is 48.1. The Labute approximate surface area is 315 Å². The highest BCUT2D eigenvalue weighted by molar-refractivity contribution is 5.74. The van der Waals surface area contributed by atoms with Crippen LogP contribution in [0.1, 0.15) is 219 Å². The average Bonchev–Trinajstić information content (AvgIpc) is 3.13. The fourth-order valence-corrected chi connectivity index (χ4v) is 7.54. The lowest BCUT2D eigenvalue weighted by molar-refractivity contribution is -0.218. The van der Waals surface area contributed by atoms with Crippen molar-refractivity contribution in [2.24, 2.45) is 5.73 Å². The van der Waals surface area contributed by atoms with E-state index in [4.69, 9.17) is 10.5 Å². The SMILES string of the molecule is CCCCCCCCCCCCCCCCCCNC(=O)N(CCCCCCCCCCCCCCCCCC)[C@@H]1O[C@H](CO)[C@H](O)[C@H](O)[C@H]1N. The van der Waals surface area contributed by atoms with Crippen molar-refractivity contribution in [1.82, 2.24) is 10.2 Å². The molecule has 1 rings (SSSR count). The van der Waals surface area contributed by atoms with Crippen LogP contribution in [0.4, 0.5) is 4.79 Å². The Morgan fingerprint density at radius 2 is 0.882 bits per heavy atom. The van der Waals surface area contributed by atoms with Crippen LogP contribution in [0, 0.1) is 0 Å². The van der Waals surface area contributed by atoms with Gasteiger partial charge in [-0.3, -0.25) is 4.90 Å². The second-order valence-corrected chi connectivity index (χ2v) is 15.8. The second kappa shape index (κ2) is 34.8.